The molecule has 2 heterocycles. The fourth-order valence-corrected chi connectivity index (χ4v) is 4.18. The zero-order valence-corrected chi connectivity index (χ0v) is 17.6. The van der Waals surface area contributed by atoms with Crippen LogP contribution in [0.15, 0.2) is 77.2 Å². The number of rotatable bonds is 5. The number of hydrazine groups is 1. The Morgan fingerprint density at radius 3 is 2.47 bits per heavy atom. The van der Waals surface area contributed by atoms with E-state index in [0.717, 1.165) is 16.7 Å². The minimum Gasteiger partial charge on any atom is -0.478 e. The highest BCUT2D eigenvalue weighted by molar-refractivity contribution is 5.96. The summed E-state index contributed by atoms with van der Waals surface area (Å²) >= 11 is 0. The van der Waals surface area contributed by atoms with E-state index in [4.69, 9.17) is 0 Å². The second kappa shape index (κ2) is 8.18. The molecule has 2 aliphatic heterocycles. The van der Waals surface area contributed by atoms with Crippen molar-refractivity contribution in [3.63, 3.8) is 0 Å². The number of carbonyl (C=O) groups is 1. The van der Waals surface area contributed by atoms with Gasteiger partial charge in [0.15, 0.2) is 0 Å². The van der Waals surface area contributed by atoms with E-state index in [9.17, 15) is 23.1 Å². The Bertz CT molecular complexity index is 1130. The SMILES string of the molecule is CC1=CN(C)N2C(=C1)N=C(CC(F)(F)F)C2Cc1ccc(-c2ccccc2C(=O)O)cc1. The van der Waals surface area contributed by atoms with Crippen LogP contribution in [-0.2, 0) is 6.42 Å². The van der Waals surface area contributed by atoms with E-state index >= 15 is 0 Å². The van der Waals surface area contributed by atoms with Gasteiger partial charge in [0.05, 0.1) is 23.7 Å². The van der Waals surface area contributed by atoms with E-state index in [1.165, 1.54) is 0 Å². The van der Waals surface area contributed by atoms with Crippen LogP contribution in [0.2, 0.25) is 0 Å². The molecule has 0 spiro atoms. The maximum atomic E-state index is 13.2. The van der Waals surface area contributed by atoms with Crippen molar-refractivity contribution in [3.8, 4) is 11.1 Å². The van der Waals surface area contributed by atoms with Crippen molar-refractivity contribution in [2.75, 3.05) is 7.05 Å². The van der Waals surface area contributed by atoms with Crippen LogP contribution in [-0.4, -0.2) is 46.1 Å². The van der Waals surface area contributed by atoms with Crippen LogP contribution in [0.5, 0.6) is 0 Å². The number of hydrogen-bond donors (Lipinski definition) is 1. The zero-order chi connectivity index (χ0) is 23.0. The molecule has 0 fully saturated rings. The van der Waals surface area contributed by atoms with Crippen LogP contribution in [0.1, 0.15) is 29.3 Å². The number of alkyl halides is 3. The molecule has 2 aromatic rings. The molecule has 0 aromatic heterocycles. The molecule has 166 valence electrons. The fraction of sp³-hybridized carbons (Fsp3) is 0.250. The maximum Gasteiger partial charge on any atom is 0.394 e. The third kappa shape index (κ3) is 4.39. The summed E-state index contributed by atoms with van der Waals surface area (Å²) < 4.78 is 39.7. The summed E-state index contributed by atoms with van der Waals surface area (Å²) in [4.78, 5) is 15.8. The minimum absolute atomic E-state index is 0.0824. The topological polar surface area (TPSA) is 56.1 Å². The van der Waals surface area contributed by atoms with Crippen LogP contribution in [0, 0.1) is 0 Å². The quantitative estimate of drug-likeness (QED) is 0.686. The van der Waals surface area contributed by atoms with Crippen molar-refractivity contribution >= 4 is 11.7 Å². The highest BCUT2D eigenvalue weighted by Crippen LogP contribution is 2.34. The van der Waals surface area contributed by atoms with Gasteiger partial charge in [-0.25, -0.2) is 9.79 Å². The Hall–Kier alpha value is -3.55. The Balaban J connectivity index is 1.62. The Morgan fingerprint density at radius 1 is 1.12 bits per heavy atom. The number of carboxylic acid groups (broad SMARTS) is 1. The number of nitrogens with zero attached hydrogens (tertiary/aromatic N) is 3. The van der Waals surface area contributed by atoms with Crippen molar-refractivity contribution in [3.05, 3.63) is 83.3 Å². The Labute approximate surface area is 183 Å². The average molecular weight is 441 g/mol. The lowest BCUT2D eigenvalue weighted by molar-refractivity contribution is -0.122. The van der Waals surface area contributed by atoms with Crippen LogP contribution < -0.4 is 0 Å². The number of fused-ring (bicyclic) bond motifs is 1. The van der Waals surface area contributed by atoms with Crippen molar-refractivity contribution in [2.24, 2.45) is 4.99 Å². The fourth-order valence-electron chi connectivity index (χ4n) is 4.18. The summed E-state index contributed by atoms with van der Waals surface area (Å²) in [6.45, 7) is 1.88. The molecule has 5 nitrogen and oxygen atoms in total. The number of aromatic carboxylic acids is 1. The third-order valence-corrected chi connectivity index (χ3v) is 5.49. The number of allylic oxidation sites excluding steroid dienone is 2. The van der Waals surface area contributed by atoms with E-state index < -0.39 is 24.6 Å². The van der Waals surface area contributed by atoms with Crippen molar-refractivity contribution in [1.29, 1.82) is 0 Å². The van der Waals surface area contributed by atoms with Gasteiger partial charge in [-0.3, -0.25) is 10.0 Å². The predicted octanol–water partition coefficient (Wildman–Crippen LogP) is 5.28. The first-order valence-electron chi connectivity index (χ1n) is 10.1. The van der Waals surface area contributed by atoms with Crippen LogP contribution in [0.25, 0.3) is 11.1 Å². The molecule has 0 bridgehead atoms. The lowest BCUT2D eigenvalue weighted by atomic mass is 9.95. The summed E-state index contributed by atoms with van der Waals surface area (Å²) in [6, 6.07) is 13.4. The number of carboxylic acids is 1. The summed E-state index contributed by atoms with van der Waals surface area (Å²) in [5.41, 5.74) is 3.35. The molecular formula is C24H22F3N3O2. The third-order valence-electron chi connectivity index (χ3n) is 5.49. The number of halogens is 3. The molecule has 0 aliphatic carbocycles. The standard InChI is InChI=1S/C24H22F3N3O2/c1-15-11-22-28-20(13-24(25,26)27)21(30(22)29(2)14-15)12-16-7-9-17(10-8-16)18-5-3-4-6-19(18)23(31)32/h3-11,14,21H,12-13H2,1-2H3,(H,31,32). The largest absolute Gasteiger partial charge is 0.478 e. The molecule has 4 rings (SSSR count). The van der Waals surface area contributed by atoms with Gasteiger partial charge in [-0.2, -0.15) is 13.2 Å². The van der Waals surface area contributed by atoms with Crippen molar-refractivity contribution in [1.82, 2.24) is 10.0 Å². The number of benzene rings is 2. The van der Waals surface area contributed by atoms with Gasteiger partial charge in [0, 0.05) is 19.7 Å². The molecule has 1 N–H and O–H groups in total. The first kappa shape index (κ1) is 21.7. The molecule has 2 aliphatic rings. The van der Waals surface area contributed by atoms with Crippen molar-refractivity contribution in [2.45, 2.75) is 32.0 Å². The first-order valence-corrected chi connectivity index (χ1v) is 10.1. The second-order valence-corrected chi connectivity index (χ2v) is 7.96. The molecule has 2 aromatic carbocycles. The van der Waals surface area contributed by atoms with Gasteiger partial charge < -0.3 is 5.11 Å². The predicted molar refractivity (Wildman–Crippen MR) is 116 cm³/mol. The van der Waals surface area contributed by atoms with Gasteiger partial charge in [0.25, 0.3) is 0 Å². The normalized spacial score (nSPS) is 18.2. The van der Waals surface area contributed by atoms with Gasteiger partial charge in [-0.05, 0) is 41.3 Å². The highest BCUT2D eigenvalue weighted by Gasteiger charge is 2.41. The van der Waals surface area contributed by atoms with E-state index in [0.29, 0.717) is 17.8 Å². The van der Waals surface area contributed by atoms with Gasteiger partial charge in [-0.15, -0.1) is 0 Å². The van der Waals surface area contributed by atoms with Gasteiger partial charge in [0.1, 0.15) is 5.82 Å². The van der Waals surface area contributed by atoms with Crippen LogP contribution in [0.3, 0.4) is 0 Å². The van der Waals surface area contributed by atoms with Gasteiger partial charge in [0.2, 0.25) is 0 Å². The van der Waals surface area contributed by atoms with Gasteiger partial charge >= 0.3 is 12.1 Å². The maximum absolute atomic E-state index is 13.2. The molecule has 1 atom stereocenters. The molecule has 8 heteroatoms. The number of hydrogen-bond acceptors (Lipinski definition) is 4. The monoisotopic (exact) mass is 441 g/mol. The van der Waals surface area contributed by atoms with Crippen LogP contribution >= 0.6 is 0 Å². The first-order chi connectivity index (χ1) is 15.1. The zero-order valence-electron chi connectivity index (χ0n) is 17.6. The lowest BCUT2D eigenvalue weighted by Gasteiger charge is -2.37. The van der Waals surface area contributed by atoms with Gasteiger partial charge in [-0.1, -0.05) is 42.5 Å². The molecule has 32 heavy (non-hydrogen) atoms. The van der Waals surface area contributed by atoms with E-state index in [2.05, 4.69) is 4.99 Å². The highest BCUT2D eigenvalue weighted by atomic mass is 19.4. The average Bonchev–Trinajstić information content (AvgIpc) is 3.03. The van der Waals surface area contributed by atoms with E-state index in [1.807, 2.05) is 25.3 Å². The summed E-state index contributed by atoms with van der Waals surface area (Å²) in [6.07, 6.45) is -1.44. The second-order valence-electron chi connectivity index (χ2n) is 7.96. The van der Waals surface area contributed by atoms with Crippen LogP contribution in [0.4, 0.5) is 13.2 Å². The Morgan fingerprint density at radius 2 is 1.81 bits per heavy atom. The lowest BCUT2D eigenvalue weighted by Crippen LogP contribution is -2.46. The van der Waals surface area contributed by atoms with E-state index in [-0.39, 0.29) is 11.3 Å². The summed E-state index contributed by atoms with van der Waals surface area (Å²) in [5.74, 6) is -0.511. The molecule has 0 saturated carbocycles. The molecular weight excluding hydrogens is 419 g/mol. The molecule has 0 saturated heterocycles. The van der Waals surface area contributed by atoms with E-state index in [1.54, 1.807) is 59.5 Å². The molecule has 0 radical (unpaired) electrons. The molecule has 0 amide bonds. The Kier molecular flexibility index (Phi) is 5.54. The number of aliphatic imine (C=N–C) groups is 1. The summed E-state index contributed by atoms with van der Waals surface area (Å²) in [7, 11) is 1.79. The molecule has 1 unspecified atom stereocenters. The smallest absolute Gasteiger partial charge is 0.394 e. The minimum atomic E-state index is -4.35. The summed E-state index contributed by atoms with van der Waals surface area (Å²) in [5, 5.41) is 13.0. The van der Waals surface area contributed by atoms with Crippen molar-refractivity contribution < 1.29 is 23.1 Å².